The zero-order valence-corrected chi connectivity index (χ0v) is 9.85. The van der Waals surface area contributed by atoms with Crippen molar-refractivity contribution in [2.75, 3.05) is 5.32 Å². The summed E-state index contributed by atoms with van der Waals surface area (Å²) in [4.78, 5) is 0. The van der Waals surface area contributed by atoms with Crippen molar-refractivity contribution in [3.8, 4) is 0 Å². The van der Waals surface area contributed by atoms with Gasteiger partial charge in [-0.2, -0.15) is 0 Å². The fourth-order valence-corrected chi connectivity index (χ4v) is 2.03. The number of rotatable bonds is 2. The van der Waals surface area contributed by atoms with Crippen LogP contribution in [-0.2, 0) is 0 Å². The number of anilines is 2. The maximum Gasteiger partial charge on any atom is 0.0390 e. The van der Waals surface area contributed by atoms with Crippen molar-refractivity contribution in [3.63, 3.8) is 0 Å². The van der Waals surface area contributed by atoms with Crippen LogP contribution in [0.4, 0.5) is 11.4 Å². The lowest BCUT2D eigenvalue weighted by molar-refractivity contribution is 1.45. The summed E-state index contributed by atoms with van der Waals surface area (Å²) in [5, 5.41) is 5.59. The molecule has 1 N–H and O–H groups in total. The van der Waals surface area contributed by atoms with Gasteiger partial charge in [0.15, 0.2) is 0 Å². The Balaban J connectivity index is 1.91. The molecule has 88 valence electrons. The molecule has 0 aliphatic rings. The van der Waals surface area contributed by atoms with Crippen LogP contribution in [0.2, 0.25) is 0 Å². The molecule has 0 unspecified atom stereocenters. The van der Waals surface area contributed by atoms with Crippen LogP contribution in [-0.4, -0.2) is 0 Å². The topological polar surface area (TPSA) is 12.0 Å². The first kappa shape index (κ1) is 7.93. The Labute approximate surface area is 111 Å². The van der Waals surface area contributed by atoms with Gasteiger partial charge in [0.25, 0.3) is 0 Å². The molecule has 0 spiro atoms. The average molecular weight is 236 g/mol. The molecule has 0 heterocycles. The Bertz CT molecular complexity index is 778. The van der Waals surface area contributed by atoms with Crippen molar-refractivity contribution in [2.24, 2.45) is 0 Å². The second-order valence-electron chi connectivity index (χ2n) is 4.27. The van der Waals surface area contributed by atoms with E-state index in [1.807, 2.05) is 30.3 Å². The molecular formula is C17H15N. The SMILES string of the molecule is [2H]C([2H])([2H])c1cccc(Nc2ccc3ccccc3c2)c1. The maximum atomic E-state index is 7.46. The van der Waals surface area contributed by atoms with Gasteiger partial charge in [0.05, 0.1) is 0 Å². The minimum Gasteiger partial charge on any atom is -0.356 e. The number of hydrogen-bond acceptors (Lipinski definition) is 1. The first-order valence-corrected chi connectivity index (χ1v) is 5.89. The van der Waals surface area contributed by atoms with Crippen LogP contribution in [0.3, 0.4) is 0 Å². The lowest BCUT2D eigenvalue weighted by Gasteiger charge is -2.08. The fourth-order valence-electron chi connectivity index (χ4n) is 2.03. The normalized spacial score (nSPS) is 13.7. The summed E-state index contributed by atoms with van der Waals surface area (Å²) in [5.74, 6) is 0. The van der Waals surface area contributed by atoms with E-state index in [0.29, 0.717) is 5.56 Å². The Hall–Kier alpha value is -2.28. The molecule has 1 nitrogen and oxygen atoms in total. The molecule has 18 heavy (non-hydrogen) atoms. The van der Waals surface area contributed by atoms with Crippen LogP contribution in [0.5, 0.6) is 0 Å². The number of benzene rings is 3. The van der Waals surface area contributed by atoms with E-state index in [1.54, 1.807) is 18.2 Å². The van der Waals surface area contributed by atoms with Gasteiger partial charge < -0.3 is 5.32 Å². The summed E-state index contributed by atoms with van der Waals surface area (Å²) in [7, 11) is 0. The van der Waals surface area contributed by atoms with E-state index in [2.05, 4.69) is 23.5 Å². The Morgan fingerprint density at radius 2 is 1.61 bits per heavy atom. The monoisotopic (exact) mass is 236 g/mol. The molecule has 3 aromatic carbocycles. The van der Waals surface area contributed by atoms with Crippen LogP contribution < -0.4 is 5.32 Å². The largest absolute Gasteiger partial charge is 0.356 e. The van der Waals surface area contributed by atoms with Gasteiger partial charge in [0.2, 0.25) is 0 Å². The van der Waals surface area contributed by atoms with Crippen molar-refractivity contribution < 1.29 is 4.11 Å². The molecule has 0 aromatic heterocycles. The third-order valence-corrected chi connectivity index (χ3v) is 2.90. The predicted octanol–water partition coefficient (Wildman–Crippen LogP) is 4.89. The van der Waals surface area contributed by atoms with E-state index in [0.717, 1.165) is 16.8 Å². The minimum absolute atomic E-state index is 0.341. The molecule has 0 saturated carbocycles. The van der Waals surface area contributed by atoms with Crippen molar-refractivity contribution in [1.82, 2.24) is 0 Å². The van der Waals surface area contributed by atoms with E-state index < -0.39 is 6.85 Å². The van der Waals surface area contributed by atoms with Gasteiger partial charge >= 0.3 is 0 Å². The molecule has 0 radical (unpaired) electrons. The zero-order valence-electron chi connectivity index (χ0n) is 12.9. The molecule has 0 atom stereocenters. The second-order valence-corrected chi connectivity index (χ2v) is 4.27. The third kappa shape index (κ3) is 2.21. The first-order valence-electron chi connectivity index (χ1n) is 7.39. The predicted molar refractivity (Wildman–Crippen MR) is 78.4 cm³/mol. The molecule has 0 aliphatic heterocycles. The van der Waals surface area contributed by atoms with Crippen LogP contribution in [0, 0.1) is 6.85 Å². The number of nitrogens with one attached hydrogen (secondary N) is 1. The molecule has 3 aromatic rings. The van der Waals surface area contributed by atoms with Gasteiger partial charge in [0, 0.05) is 15.5 Å². The lowest BCUT2D eigenvalue weighted by atomic mass is 10.1. The fraction of sp³-hybridized carbons (Fsp3) is 0.0588. The number of hydrogen-bond donors (Lipinski definition) is 1. The van der Waals surface area contributed by atoms with Crippen molar-refractivity contribution in [1.29, 1.82) is 0 Å². The Kier molecular flexibility index (Phi) is 2.00. The van der Waals surface area contributed by atoms with E-state index in [-0.39, 0.29) is 0 Å². The molecule has 3 rings (SSSR count). The molecule has 0 fully saturated rings. The van der Waals surface area contributed by atoms with Crippen molar-refractivity contribution >= 4 is 22.1 Å². The van der Waals surface area contributed by atoms with Crippen molar-refractivity contribution in [3.05, 3.63) is 72.3 Å². The van der Waals surface area contributed by atoms with Gasteiger partial charge in [-0.15, -0.1) is 0 Å². The summed E-state index contributed by atoms with van der Waals surface area (Å²) in [5.41, 5.74) is 2.06. The first-order chi connectivity index (χ1) is 10.0. The van der Waals surface area contributed by atoms with Crippen LogP contribution in [0.25, 0.3) is 10.8 Å². The summed E-state index contributed by atoms with van der Waals surface area (Å²) in [6, 6.07) is 21.1. The molecule has 0 amide bonds. The van der Waals surface area contributed by atoms with E-state index in [4.69, 9.17) is 4.11 Å². The van der Waals surface area contributed by atoms with Crippen molar-refractivity contribution in [2.45, 2.75) is 6.85 Å². The Morgan fingerprint density at radius 3 is 2.50 bits per heavy atom. The van der Waals surface area contributed by atoms with E-state index >= 15 is 0 Å². The van der Waals surface area contributed by atoms with E-state index in [9.17, 15) is 0 Å². The van der Waals surface area contributed by atoms with Gasteiger partial charge in [-0.3, -0.25) is 0 Å². The maximum absolute atomic E-state index is 7.46. The summed E-state index contributed by atoms with van der Waals surface area (Å²) in [6.45, 7) is -2.08. The lowest BCUT2D eigenvalue weighted by Crippen LogP contribution is -1.90. The standard InChI is InChI=1S/C17H15N/c1-13-5-4-8-16(11-13)18-17-10-9-14-6-2-3-7-15(14)12-17/h2-12,18H,1H3/i1D3. The van der Waals surface area contributed by atoms with Gasteiger partial charge in [-0.1, -0.05) is 42.5 Å². The minimum atomic E-state index is -2.08. The quantitative estimate of drug-likeness (QED) is 0.668. The number of fused-ring (bicyclic) bond motifs is 1. The third-order valence-electron chi connectivity index (χ3n) is 2.90. The summed E-state index contributed by atoms with van der Waals surface area (Å²) in [6.07, 6.45) is 0. The van der Waals surface area contributed by atoms with Gasteiger partial charge in [-0.25, -0.2) is 0 Å². The highest BCUT2D eigenvalue weighted by molar-refractivity contribution is 5.86. The average Bonchev–Trinajstić information content (AvgIpc) is 2.46. The van der Waals surface area contributed by atoms with Crippen LogP contribution in [0.15, 0.2) is 66.7 Å². The highest BCUT2D eigenvalue weighted by Gasteiger charge is 1.97. The second kappa shape index (κ2) is 4.53. The molecular weight excluding hydrogens is 218 g/mol. The van der Waals surface area contributed by atoms with Gasteiger partial charge in [0.1, 0.15) is 0 Å². The molecule has 0 bridgehead atoms. The molecule has 0 saturated heterocycles. The summed E-state index contributed by atoms with van der Waals surface area (Å²) >= 11 is 0. The van der Waals surface area contributed by atoms with Crippen LogP contribution in [0.1, 0.15) is 9.68 Å². The number of aryl methyl sites for hydroxylation is 1. The summed E-state index contributed by atoms with van der Waals surface area (Å²) < 4.78 is 22.4. The highest BCUT2D eigenvalue weighted by Crippen LogP contribution is 2.22. The van der Waals surface area contributed by atoms with Crippen LogP contribution >= 0.6 is 0 Å². The molecule has 1 heteroatoms. The smallest absolute Gasteiger partial charge is 0.0390 e. The van der Waals surface area contributed by atoms with E-state index in [1.165, 1.54) is 5.39 Å². The zero-order chi connectivity index (χ0) is 14.9. The molecule has 0 aliphatic carbocycles. The Morgan fingerprint density at radius 1 is 0.778 bits per heavy atom. The highest BCUT2D eigenvalue weighted by atomic mass is 14.9. The van der Waals surface area contributed by atoms with Gasteiger partial charge in [-0.05, 0) is 47.5 Å².